The first-order chi connectivity index (χ1) is 14.1. The Morgan fingerprint density at radius 1 is 1.28 bits per heavy atom. The molecule has 1 atom stereocenters. The highest BCUT2D eigenvalue weighted by Crippen LogP contribution is 2.39. The van der Waals surface area contributed by atoms with Crippen molar-refractivity contribution in [2.75, 3.05) is 0 Å². The predicted molar refractivity (Wildman–Crippen MR) is 112 cm³/mol. The van der Waals surface area contributed by atoms with Gasteiger partial charge < -0.3 is 20.8 Å². The molecule has 1 saturated carbocycles. The number of hydrogen-bond donors (Lipinski definition) is 3. The third-order valence-electron chi connectivity index (χ3n) is 5.59. The number of nitrogens with one attached hydrogen (secondary N) is 2. The van der Waals surface area contributed by atoms with E-state index in [0.29, 0.717) is 17.5 Å². The zero-order valence-corrected chi connectivity index (χ0v) is 16.6. The van der Waals surface area contributed by atoms with Gasteiger partial charge in [-0.1, -0.05) is 23.7 Å². The first kappa shape index (κ1) is 18.1. The van der Waals surface area contributed by atoms with Gasteiger partial charge in [-0.25, -0.2) is 4.98 Å². The molecule has 148 valence electrons. The molecule has 2 aliphatic rings. The number of imidazole rings is 1. The summed E-state index contributed by atoms with van der Waals surface area (Å²) in [6.07, 6.45) is 9.05. The Labute approximate surface area is 173 Å². The number of carbonyl (C=O) groups is 1. The van der Waals surface area contributed by atoms with Gasteiger partial charge in [-0.2, -0.15) is 0 Å². The van der Waals surface area contributed by atoms with Gasteiger partial charge in [-0.15, -0.1) is 0 Å². The molecule has 0 spiro atoms. The Balaban J connectivity index is 1.18. The number of aromatic nitrogens is 2. The van der Waals surface area contributed by atoms with Gasteiger partial charge in [0, 0.05) is 23.6 Å². The van der Waals surface area contributed by atoms with Crippen molar-refractivity contribution in [2.24, 2.45) is 5.73 Å². The highest BCUT2D eigenvalue weighted by Gasteiger charge is 2.28. The molecule has 6 nitrogen and oxygen atoms in total. The molecule has 5 rings (SSSR count). The second kappa shape index (κ2) is 7.12. The number of carbonyl (C=O) groups excluding carboxylic acids is 1. The van der Waals surface area contributed by atoms with E-state index in [0.717, 1.165) is 23.3 Å². The molecule has 2 aliphatic carbocycles. The van der Waals surface area contributed by atoms with Crippen molar-refractivity contribution in [3.63, 3.8) is 0 Å². The number of rotatable bonds is 6. The molecule has 7 heteroatoms. The van der Waals surface area contributed by atoms with Crippen LogP contribution < -0.4 is 16.4 Å². The zero-order chi connectivity index (χ0) is 20.0. The second-order valence-corrected chi connectivity index (χ2v) is 8.22. The molecule has 0 aliphatic heterocycles. The number of halogens is 1. The fraction of sp³-hybridized carbons (Fsp3) is 0.273. The van der Waals surface area contributed by atoms with Crippen LogP contribution in [-0.2, 0) is 17.8 Å². The maximum Gasteiger partial charge on any atom is 0.269 e. The molecule has 0 saturated heterocycles. The topological polar surface area (TPSA) is 84.4 Å². The van der Waals surface area contributed by atoms with Crippen molar-refractivity contribution in [3.8, 4) is 0 Å². The van der Waals surface area contributed by atoms with Crippen LogP contribution in [0.3, 0.4) is 0 Å². The van der Waals surface area contributed by atoms with Crippen molar-refractivity contribution < 1.29 is 4.79 Å². The maximum atomic E-state index is 12.3. The lowest BCUT2D eigenvalue weighted by Crippen LogP contribution is -2.38. The zero-order valence-electron chi connectivity index (χ0n) is 15.9. The standard InChI is InChI=1S/C22H22ClN5O/c23-16-5-3-14-7-20(18(14)8-16)27-22(29)19(24)10-25-9-17-12-28-11-15(13-1-2-13)4-6-21(28)26-17/h3-6,8,10-13,20,25H,1-2,7,9,24H2,(H,27,29)/b19-10-. The molecule has 1 fully saturated rings. The molecule has 2 heterocycles. The summed E-state index contributed by atoms with van der Waals surface area (Å²) < 4.78 is 2.06. The van der Waals surface area contributed by atoms with Gasteiger partial charge in [-0.3, -0.25) is 4.79 Å². The average Bonchev–Trinajstić information content (AvgIpc) is 3.47. The lowest BCUT2D eigenvalue weighted by molar-refractivity contribution is -0.118. The van der Waals surface area contributed by atoms with E-state index in [1.165, 1.54) is 30.2 Å². The van der Waals surface area contributed by atoms with Gasteiger partial charge in [0.1, 0.15) is 11.3 Å². The van der Waals surface area contributed by atoms with Crippen molar-refractivity contribution >= 4 is 23.2 Å². The Kier molecular flexibility index (Phi) is 4.43. The normalized spacial score (nSPS) is 18.2. The molecule has 0 bridgehead atoms. The molecule has 1 amide bonds. The lowest BCUT2D eigenvalue weighted by Gasteiger charge is -2.31. The highest BCUT2D eigenvalue weighted by atomic mass is 35.5. The summed E-state index contributed by atoms with van der Waals surface area (Å²) in [5.41, 5.74) is 11.5. The Bertz CT molecular complexity index is 1130. The largest absolute Gasteiger partial charge is 0.393 e. The van der Waals surface area contributed by atoms with Crippen molar-refractivity contribution in [1.29, 1.82) is 0 Å². The minimum atomic E-state index is -0.294. The predicted octanol–water partition coefficient (Wildman–Crippen LogP) is 3.17. The summed E-state index contributed by atoms with van der Waals surface area (Å²) in [5, 5.41) is 6.70. The van der Waals surface area contributed by atoms with E-state index in [1.54, 1.807) is 0 Å². The fourth-order valence-corrected chi connectivity index (χ4v) is 3.96. The molecule has 29 heavy (non-hydrogen) atoms. The van der Waals surface area contributed by atoms with Crippen molar-refractivity contribution in [2.45, 2.75) is 37.8 Å². The Hall–Kier alpha value is -2.99. The van der Waals surface area contributed by atoms with Crippen molar-refractivity contribution in [3.05, 3.63) is 82.0 Å². The van der Waals surface area contributed by atoms with E-state index in [1.807, 2.05) is 24.4 Å². The molecule has 1 aromatic carbocycles. The minimum Gasteiger partial charge on any atom is -0.393 e. The van der Waals surface area contributed by atoms with E-state index < -0.39 is 0 Å². The van der Waals surface area contributed by atoms with Crippen LogP contribution >= 0.6 is 11.6 Å². The van der Waals surface area contributed by atoms with Gasteiger partial charge in [-0.05, 0) is 60.1 Å². The van der Waals surface area contributed by atoms with Gasteiger partial charge in [0.05, 0.1) is 18.3 Å². The number of nitrogens with zero attached hydrogens (tertiary/aromatic N) is 2. The Morgan fingerprint density at radius 3 is 2.97 bits per heavy atom. The lowest BCUT2D eigenvalue weighted by atomic mass is 9.83. The smallest absolute Gasteiger partial charge is 0.269 e. The fourth-order valence-electron chi connectivity index (χ4n) is 3.78. The number of nitrogens with two attached hydrogens (primary N) is 1. The van der Waals surface area contributed by atoms with Gasteiger partial charge in [0.2, 0.25) is 0 Å². The second-order valence-electron chi connectivity index (χ2n) is 7.79. The van der Waals surface area contributed by atoms with Gasteiger partial charge in [0.15, 0.2) is 0 Å². The van der Waals surface area contributed by atoms with Gasteiger partial charge >= 0.3 is 0 Å². The van der Waals surface area contributed by atoms with Gasteiger partial charge in [0.25, 0.3) is 5.91 Å². The van der Waals surface area contributed by atoms with Crippen molar-refractivity contribution in [1.82, 2.24) is 20.0 Å². The third kappa shape index (κ3) is 3.68. The van der Waals surface area contributed by atoms with Crippen LogP contribution in [0.5, 0.6) is 0 Å². The monoisotopic (exact) mass is 407 g/mol. The molecule has 4 N–H and O–H groups in total. The molecule has 2 aromatic heterocycles. The number of amides is 1. The summed E-state index contributed by atoms with van der Waals surface area (Å²) in [5.74, 6) is 0.417. The number of benzene rings is 1. The summed E-state index contributed by atoms with van der Waals surface area (Å²) in [4.78, 5) is 16.9. The van der Waals surface area contributed by atoms with E-state index in [4.69, 9.17) is 17.3 Å². The first-order valence-electron chi connectivity index (χ1n) is 9.82. The number of pyridine rings is 1. The van der Waals surface area contributed by atoms with Crippen LogP contribution in [-0.4, -0.2) is 15.3 Å². The quantitative estimate of drug-likeness (QED) is 0.548. The molecule has 0 radical (unpaired) electrons. The maximum absolute atomic E-state index is 12.3. The SMILES string of the molecule is N/C(=C\NCc1cn2cc(C3CC3)ccc2n1)C(=O)NC1Cc2ccc(Cl)cc21. The first-order valence-corrected chi connectivity index (χ1v) is 10.2. The summed E-state index contributed by atoms with van der Waals surface area (Å²) in [7, 11) is 0. The highest BCUT2D eigenvalue weighted by molar-refractivity contribution is 6.30. The Morgan fingerprint density at radius 2 is 2.14 bits per heavy atom. The molecule has 1 unspecified atom stereocenters. The van der Waals surface area contributed by atoms with Crippen LogP contribution in [0.15, 0.2) is 54.6 Å². The van der Waals surface area contributed by atoms with E-state index in [9.17, 15) is 4.79 Å². The molecule has 3 aromatic rings. The summed E-state index contributed by atoms with van der Waals surface area (Å²) in [6.45, 7) is 0.496. The number of fused-ring (bicyclic) bond motifs is 2. The van der Waals surface area contributed by atoms with E-state index >= 15 is 0 Å². The van der Waals surface area contributed by atoms with Crippen LogP contribution in [0, 0.1) is 0 Å². The van der Waals surface area contributed by atoms with Crippen LogP contribution in [0.2, 0.25) is 5.02 Å². The third-order valence-corrected chi connectivity index (χ3v) is 5.82. The van der Waals surface area contributed by atoms with E-state index in [-0.39, 0.29) is 17.6 Å². The number of hydrogen-bond acceptors (Lipinski definition) is 4. The summed E-state index contributed by atoms with van der Waals surface area (Å²) in [6, 6.07) is 9.92. The average molecular weight is 408 g/mol. The molecular formula is C22H22ClN5O. The minimum absolute atomic E-state index is 0.0396. The molecular weight excluding hydrogens is 386 g/mol. The van der Waals surface area contributed by atoms with Crippen LogP contribution in [0.1, 0.15) is 47.2 Å². The van der Waals surface area contributed by atoms with Crippen LogP contribution in [0.4, 0.5) is 0 Å². The summed E-state index contributed by atoms with van der Waals surface area (Å²) >= 11 is 6.03. The van der Waals surface area contributed by atoms with E-state index in [2.05, 4.69) is 38.3 Å². The van der Waals surface area contributed by atoms with Crippen LogP contribution in [0.25, 0.3) is 5.65 Å².